The van der Waals surface area contributed by atoms with Gasteiger partial charge >= 0.3 is 10.2 Å². The lowest BCUT2D eigenvalue weighted by Crippen LogP contribution is -2.44. The third kappa shape index (κ3) is 3.87. The van der Waals surface area contributed by atoms with Gasteiger partial charge in [0.1, 0.15) is 10.6 Å². The highest BCUT2D eigenvalue weighted by molar-refractivity contribution is 7.86. The van der Waals surface area contributed by atoms with Crippen molar-refractivity contribution in [3.05, 3.63) is 22.2 Å². The van der Waals surface area contributed by atoms with E-state index in [-0.39, 0.29) is 20.8 Å². The zero-order valence-corrected chi connectivity index (χ0v) is 15.2. The zero-order chi connectivity index (χ0) is 15.9. The van der Waals surface area contributed by atoms with Crippen LogP contribution in [-0.4, -0.2) is 16.7 Å². The summed E-state index contributed by atoms with van der Waals surface area (Å²) in [7, 11) is -7.03. The maximum atomic E-state index is 13.0. The molecule has 0 bridgehead atoms. The molecule has 0 aromatic heterocycles. The van der Waals surface area contributed by atoms with E-state index in [1.807, 2.05) is 33.9 Å². The first-order valence-electron chi connectivity index (χ1n) is 5.88. The Morgan fingerprint density at radius 2 is 1.55 bits per heavy atom. The average molecular weight is 359 g/mol. The highest BCUT2D eigenvalue weighted by Crippen LogP contribution is 2.43. The Morgan fingerprint density at radius 3 is 1.85 bits per heavy atom. The van der Waals surface area contributed by atoms with E-state index < -0.39 is 23.4 Å². The minimum Gasteiger partial charge on any atom is -0.542 e. The number of rotatable bonds is 3. The summed E-state index contributed by atoms with van der Waals surface area (Å²) < 4.78 is 40.7. The molecule has 3 nitrogen and oxygen atoms in total. The van der Waals surface area contributed by atoms with Crippen molar-refractivity contribution >= 4 is 41.7 Å². The van der Waals surface area contributed by atoms with E-state index in [1.54, 1.807) is 0 Å². The summed E-state index contributed by atoms with van der Waals surface area (Å²) >= 11 is 12.0. The molecule has 20 heavy (non-hydrogen) atoms. The Morgan fingerprint density at radius 1 is 1.15 bits per heavy atom. The molecule has 0 fully saturated rings. The molecule has 0 unspecified atom stereocenters. The van der Waals surface area contributed by atoms with E-state index in [2.05, 4.69) is 0 Å². The molecule has 0 aliphatic rings. The fourth-order valence-electron chi connectivity index (χ4n) is 1.18. The van der Waals surface area contributed by atoms with Crippen molar-refractivity contribution in [2.45, 2.75) is 43.8 Å². The molecule has 114 valence electrons. The Bertz CT molecular complexity index is 601. The number of benzene rings is 1. The molecule has 0 atom stereocenters. The lowest BCUT2D eigenvalue weighted by molar-refractivity contribution is 0.492. The number of hydrogen-bond donors (Lipinski definition) is 0. The van der Waals surface area contributed by atoms with Gasteiger partial charge < -0.3 is 4.43 Å². The molecule has 0 aliphatic carbocycles. The lowest BCUT2D eigenvalue weighted by Gasteiger charge is -2.37. The summed E-state index contributed by atoms with van der Waals surface area (Å²) in [5, 5.41) is -0.109. The third-order valence-corrected chi connectivity index (χ3v) is 9.10. The second kappa shape index (κ2) is 5.48. The monoisotopic (exact) mass is 358 g/mol. The van der Waals surface area contributed by atoms with Crippen LogP contribution in [0.25, 0.3) is 0 Å². The maximum absolute atomic E-state index is 13.0. The molecule has 0 spiro atoms. The van der Waals surface area contributed by atoms with Gasteiger partial charge in [-0.15, -0.1) is 3.89 Å². The molecule has 0 saturated heterocycles. The standard InChI is InChI=1S/C12H17Cl2FO3SSi/c1-12(2,3)20(4,5)18-11-9(13)6-8(7-10(11)14)19(15,16)17/h6-7H,1-5H3. The van der Waals surface area contributed by atoms with Crippen molar-refractivity contribution < 1.29 is 16.7 Å². The van der Waals surface area contributed by atoms with Gasteiger partial charge in [0, 0.05) is 0 Å². The van der Waals surface area contributed by atoms with Crippen molar-refractivity contribution in [2.75, 3.05) is 0 Å². The van der Waals surface area contributed by atoms with Crippen molar-refractivity contribution in [3.63, 3.8) is 0 Å². The molecular weight excluding hydrogens is 342 g/mol. The van der Waals surface area contributed by atoms with Gasteiger partial charge in [-0.1, -0.05) is 44.0 Å². The Balaban J connectivity index is 3.30. The Kier molecular flexibility index (Phi) is 4.86. The van der Waals surface area contributed by atoms with E-state index in [0.717, 1.165) is 12.1 Å². The highest BCUT2D eigenvalue weighted by atomic mass is 35.5. The zero-order valence-electron chi connectivity index (χ0n) is 11.9. The van der Waals surface area contributed by atoms with Gasteiger partial charge in [0.15, 0.2) is 0 Å². The fraction of sp³-hybridized carbons (Fsp3) is 0.500. The largest absolute Gasteiger partial charge is 0.542 e. The lowest BCUT2D eigenvalue weighted by atomic mass is 10.2. The predicted octanol–water partition coefficient (Wildman–Crippen LogP) is 5.04. The van der Waals surface area contributed by atoms with Gasteiger partial charge in [-0.05, 0) is 30.3 Å². The van der Waals surface area contributed by atoms with E-state index in [1.165, 1.54) is 0 Å². The minimum absolute atomic E-state index is 0.0152. The van der Waals surface area contributed by atoms with E-state index in [0.29, 0.717) is 0 Å². The molecule has 0 aliphatic heterocycles. The molecule has 8 heteroatoms. The van der Waals surface area contributed by atoms with Crippen LogP contribution in [0.4, 0.5) is 3.89 Å². The van der Waals surface area contributed by atoms with Gasteiger partial charge in [0.2, 0.25) is 0 Å². The van der Waals surface area contributed by atoms with Gasteiger partial charge in [-0.2, -0.15) is 8.42 Å². The van der Waals surface area contributed by atoms with Crippen LogP contribution in [0.3, 0.4) is 0 Å². The normalized spacial score (nSPS) is 13.4. The molecule has 1 aromatic carbocycles. The van der Waals surface area contributed by atoms with Crippen LogP contribution >= 0.6 is 23.2 Å². The van der Waals surface area contributed by atoms with Crippen LogP contribution in [0.5, 0.6) is 5.75 Å². The smallest absolute Gasteiger partial charge is 0.332 e. The highest BCUT2D eigenvalue weighted by Gasteiger charge is 2.40. The van der Waals surface area contributed by atoms with Gasteiger partial charge in [0.25, 0.3) is 8.32 Å². The van der Waals surface area contributed by atoms with Crippen molar-refractivity contribution in [1.82, 2.24) is 0 Å². The molecule has 0 saturated carbocycles. The summed E-state index contributed by atoms with van der Waals surface area (Å²) in [6.07, 6.45) is 0. The summed E-state index contributed by atoms with van der Waals surface area (Å²) in [4.78, 5) is -0.574. The molecule has 1 aromatic rings. The maximum Gasteiger partial charge on any atom is 0.332 e. The first-order chi connectivity index (χ1) is 8.75. The molecule has 0 radical (unpaired) electrons. The second-order valence-electron chi connectivity index (χ2n) is 6.02. The van der Waals surface area contributed by atoms with Gasteiger partial charge in [-0.25, -0.2) is 0 Å². The van der Waals surface area contributed by atoms with E-state index in [9.17, 15) is 12.3 Å². The van der Waals surface area contributed by atoms with Crippen molar-refractivity contribution in [3.8, 4) is 5.75 Å². The first-order valence-corrected chi connectivity index (χ1v) is 10.9. The fourth-order valence-corrected chi connectivity index (χ4v) is 3.56. The molecule has 0 amide bonds. The molecule has 0 heterocycles. The van der Waals surface area contributed by atoms with Crippen LogP contribution in [-0.2, 0) is 10.2 Å². The van der Waals surface area contributed by atoms with Crippen LogP contribution in [0, 0.1) is 0 Å². The first kappa shape index (κ1) is 17.7. The number of hydrogen-bond acceptors (Lipinski definition) is 3. The third-order valence-electron chi connectivity index (χ3n) is 3.42. The summed E-state index contributed by atoms with van der Waals surface area (Å²) in [5.41, 5.74) is 0. The van der Waals surface area contributed by atoms with Gasteiger partial charge in [0.05, 0.1) is 10.0 Å². The molecule has 1 rings (SSSR count). The van der Waals surface area contributed by atoms with Crippen LogP contribution in [0.2, 0.25) is 28.2 Å². The van der Waals surface area contributed by atoms with Crippen molar-refractivity contribution in [1.29, 1.82) is 0 Å². The quantitative estimate of drug-likeness (QED) is 0.561. The van der Waals surface area contributed by atoms with Crippen LogP contribution < -0.4 is 4.43 Å². The summed E-state index contributed by atoms with van der Waals surface area (Å²) in [6.45, 7) is 10.1. The minimum atomic E-state index is -4.85. The topological polar surface area (TPSA) is 43.4 Å². The number of halogens is 3. The van der Waals surface area contributed by atoms with Crippen LogP contribution in [0.1, 0.15) is 20.8 Å². The van der Waals surface area contributed by atoms with Gasteiger partial charge in [-0.3, -0.25) is 0 Å². The van der Waals surface area contributed by atoms with Crippen molar-refractivity contribution in [2.24, 2.45) is 0 Å². The SMILES string of the molecule is CC(C)(C)[Si](C)(C)Oc1c(Cl)cc(S(=O)(=O)F)cc1Cl. The summed E-state index contributed by atoms with van der Waals surface area (Å²) in [6, 6.07) is 2.01. The van der Waals surface area contributed by atoms with E-state index >= 15 is 0 Å². The molecule has 0 N–H and O–H groups in total. The second-order valence-corrected chi connectivity index (χ2v) is 12.9. The van der Waals surface area contributed by atoms with Crippen LogP contribution in [0.15, 0.2) is 17.0 Å². The predicted molar refractivity (Wildman–Crippen MR) is 82.6 cm³/mol. The summed E-state index contributed by atoms with van der Waals surface area (Å²) in [5.74, 6) is 0.201. The average Bonchev–Trinajstić information content (AvgIpc) is 2.20. The van der Waals surface area contributed by atoms with E-state index in [4.69, 9.17) is 27.6 Å². The Labute approximate surface area is 130 Å². The Hall–Kier alpha value is -0.303. The molecular formula is C12H17Cl2FO3SSi.